The Kier molecular flexibility index (Phi) is 10.1. The summed E-state index contributed by atoms with van der Waals surface area (Å²) < 4.78 is 19.1. The van der Waals surface area contributed by atoms with Crippen molar-refractivity contribution < 1.29 is 14.6 Å². The van der Waals surface area contributed by atoms with Crippen LogP contribution < -0.4 is 10.1 Å². The number of benzene rings is 2. The Balaban J connectivity index is 0.00000140. The zero-order chi connectivity index (χ0) is 17.8. The summed E-state index contributed by atoms with van der Waals surface area (Å²) in [6.07, 6.45) is 5.94. The lowest BCUT2D eigenvalue weighted by Gasteiger charge is -2.26. The van der Waals surface area contributed by atoms with E-state index >= 15 is 0 Å². The smallest absolute Gasteiger partial charge is 0.123 e. The highest BCUT2D eigenvalue weighted by Gasteiger charge is 2.18. The van der Waals surface area contributed by atoms with Crippen LogP contribution in [-0.2, 0) is 13.0 Å². The van der Waals surface area contributed by atoms with Crippen molar-refractivity contribution >= 4 is 24.8 Å². The van der Waals surface area contributed by atoms with Crippen LogP contribution in [0, 0.1) is 5.82 Å². The number of nitrogens with zero attached hydrogens (tertiary/aromatic N) is 1. The van der Waals surface area contributed by atoms with Crippen molar-refractivity contribution in [3.05, 3.63) is 83.9 Å². The normalized spacial score (nSPS) is 14.3. The molecule has 156 valence electrons. The molecule has 3 aromatic rings. The molecule has 7 heteroatoms. The third kappa shape index (κ3) is 6.41. The second-order valence-electron chi connectivity index (χ2n) is 6.61. The minimum absolute atomic E-state index is 0. The molecule has 0 saturated carbocycles. The molecule has 4 nitrogen and oxygen atoms in total. The summed E-state index contributed by atoms with van der Waals surface area (Å²) in [5, 5.41) is 3.47. The Labute approximate surface area is 182 Å². The van der Waals surface area contributed by atoms with Crippen molar-refractivity contribution in [3.8, 4) is 16.9 Å². The molecular weight excluding hydrogens is 414 g/mol. The van der Waals surface area contributed by atoms with Gasteiger partial charge in [0.15, 0.2) is 0 Å². The van der Waals surface area contributed by atoms with E-state index in [4.69, 9.17) is 4.74 Å². The number of fused-ring (bicyclic) bond motifs is 1. The molecule has 2 aromatic carbocycles. The minimum Gasteiger partial charge on any atom is -0.489 e. The van der Waals surface area contributed by atoms with Crippen molar-refractivity contribution in [1.82, 2.24) is 10.3 Å². The highest BCUT2D eigenvalue weighted by Crippen LogP contribution is 2.26. The number of aromatic nitrogens is 1. The molecule has 1 atom stereocenters. The first-order chi connectivity index (χ1) is 12.8. The van der Waals surface area contributed by atoms with E-state index in [0.717, 1.165) is 48.4 Å². The van der Waals surface area contributed by atoms with Crippen molar-refractivity contribution in [3.63, 3.8) is 0 Å². The van der Waals surface area contributed by atoms with Crippen LogP contribution in [-0.4, -0.2) is 23.1 Å². The van der Waals surface area contributed by atoms with Crippen LogP contribution in [0.15, 0.2) is 67.0 Å². The van der Waals surface area contributed by atoms with Gasteiger partial charge in [0.2, 0.25) is 0 Å². The summed E-state index contributed by atoms with van der Waals surface area (Å²) in [7, 11) is 0. The number of nitrogens with one attached hydrogen (secondary N) is 1. The van der Waals surface area contributed by atoms with Crippen molar-refractivity contribution in [2.24, 2.45) is 0 Å². The molecule has 4 rings (SSSR count). The van der Waals surface area contributed by atoms with Gasteiger partial charge in [0.05, 0.1) is 0 Å². The largest absolute Gasteiger partial charge is 0.489 e. The standard InChI is InChI=1S/C22H21FN2O.2ClH.H2O/c23-20-8-5-17(6-9-20)19-11-16(12-24-14-19)13-25-15-21-10-7-18-3-1-2-4-22(18)26-21;;;/h1-6,8-9,11-12,14,21,25H,7,10,13,15H2;2*1H;1H2/t21-;;;/m1.../s1. The molecule has 1 aromatic heterocycles. The lowest BCUT2D eigenvalue weighted by atomic mass is 10.0. The molecule has 2 heterocycles. The summed E-state index contributed by atoms with van der Waals surface area (Å²) in [6.45, 7) is 1.53. The van der Waals surface area contributed by atoms with Gasteiger partial charge in [-0.1, -0.05) is 30.3 Å². The number of aryl methyl sites for hydroxylation is 1. The van der Waals surface area contributed by atoms with E-state index < -0.39 is 0 Å². The number of hydrogen-bond donors (Lipinski definition) is 1. The molecule has 29 heavy (non-hydrogen) atoms. The molecule has 0 saturated heterocycles. The van der Waals surface area contributed by atoms with Gasteiger partial charge in [-0.15, -0.1) is 24.8 Å². The third-order valence-electron chi connectivity index (χ3n) is 4.68. The fourth-order valence-corrected chi connectivity index (χ4v) is 3.29. The molecule has 3 N–H and O–H groups in total. The van der Waals surface area contributed by atoms with Crippen LogP contribution in [0.3, 0.4) is 0 Å². The topological polar surface area (TPSA) is 65.7 Å². The van der Waals surface area contributed by atoms with Gasteiger partial charge in [-0.3, -0.25) is 4.98 Å². The first kappa shape index (κ1) is 24.9. The average Bonchev–Trinajstić information content (AvgIpc) is 2.69. The Morgan fingerprint density at radius 1 is 1.00 bits per heavy atom. The molecule has 0 unspecified atom stereocenters. The molecule has 1 aliphatic rings. The summed E-state index contributed by atoms with van der Waals surface area (Å²) in [5.74, 6) is 0.777. The average molecular weight is 439 g/mol. The molecule has 0 radical (unpaired) electrons. The van der Waals surface area contributed by atoms with Crippen LogP contribution in [0.2, 0.25) is 0 Å². The van der Waals surface area contributed by atoms with Gasteiger partial charge in [0.25, 0.3) is 0 Å². The van der Waals surface area contributed by atoms with Gasteiger partial charge in [-0.2, -0.15) is 0 Å². The quantitative estimate of drug-likeness (QED) is 0.642. The number of hydrogen-bond acceptors (Lipinski definition) is 3. The van der Waals surface area contributed by atoms with E-state index in [1.165, 1.54) is 17.7 Å². The predicted octanol–water partition coefficient (Wildman–Crippen LogP) is 4.39. The van der Waals surface area contributed by atoms with E-state index in [0.29, 0.717) is 0 Å². The van der Waals surface area contributed by atoms with Crippen LogP contribution in [0.5, 0.6) is 5.75 Å². The first-order valence-corrected chi connectivity index (χ1v) is 8.93. The summed E-state index contributed by atoms with van der Waals surface area (Å²) >= 11 is 0. The van der Waals surface area contributed by atoms with Crippen LogP contribution in [0.25, 0.3) is 11.1 Å². The van der Waals surface area contributed by atoms with E-state index in [1.807, 2.05) is 18.3 Å². The SMILES string of the molecule is Cl.Cl.Fc1ccc(-c2cncc(CNC[C@H]3CCc4ccccc4O3)c2)cc1.O. The molecule has 0 bridgehead atoms. The van der Waals surface area contributed by atoms with Gasteiger partial charge in [-0.05, 0) is 53.8 Å². The Hall–Kier alpha value is -2.18. The fraction of sp³-hybridized carbons (Fsp3) is 0.227. The highest BCUT2D eigenvalue weighted by atomic mass is 35.5. The van der Waals surface area contributed by atoms with Crippen LogP contribution in [0.1, 0.15) is 17.5 Å². The predicted molar refractivity (Wildman–Crippen MR) is 119 cm³/mol. The maximum absolute atomic E-state index is 13.1. The zero-order valence-electron chi connectivity index (χ0n) is 15.8. The van der Waals surface area contributed by atoms with Crippen molar-refractivity contribution in [1.29, 1.82) is 0 Å². The van der Waals surface area contributed by atoms with Crippen molar-refractivity contribution in [2.45, 2.75) is 25.5 Å². The molecule has 0 aliphatic carbocycles. The number of pyridine rings is 1. The Morgan fingerprint density at radius 3 is 2.55 bits per heavy atom. The number of rotatable bonds is 5. The summed E-state index contributed by atoms with van der Waals surface area (Å²) in [6, 6.07) is 16.8. The van der Waals surface area contributed by atoms with Gasteiger partial charge in [-0.25, -0.2) is 4.39 Å². The minimum atomic E-state index is -0.228. The molecule has 0 fully saturated rings. The highest BCUT2D eigenvalue weighted by molar-refractivity contribution is 5.85. The van der Waals surface area contributed by atoms with E-state index in [1.54, 1.807) is 18.3 Å². The Bertz CT molecular complexity index is 894. The van der Waals surface area contributed by atoms with Gasteiger partial charge >= 0.3 is 0 Å². The maximum Gasteiger partial charge on any atom is 0.123 e. The zero-order valence-corrected chi connectivity index (χ0v) is 17.4. The maximum atomic E-state index is 13.1. The number of para-hydroxylation sites is 1. The van der Waals surface area contributed by atoms with E-state index in [9.17, 15) is 4.39 Å². The summed E-state index contributed by atoms with van der Waals surface area (Å²) in [5.41, 5.74) is 4.35. The molecule has 1 aliphatic heterocycles. The number of halogens is 3. The summed E-state index contributed by atoms with van der Waals surface area (Å²) in [4.78, 5) is 4.31. The van der Waals surface area contributed by atoms with Gasteiger partial charge < -0.3 is 15.5 Å². The van der Waals surface area contributed by atoms with E-state index in [-0.39, 0.29) is 42.2 Å². The van der Waals surface area contributed by atoms with Crippen molar-refractivity contribution in [2.75, 3.05) is 6.54 Å². The van der Waals surface area contributed by atoms with Crippen LogP contribution in [0.4, 0.5) is 4.39 Å². The second-order valence-corrected chi connectivity index (χ2v) is 6.61. The van der Waals surface area contributed by atoms with Gasteiger partial charge in [0.1, 0.15) is 17.7 Å². The Morgan fingerprint density at radius 2 is 1.76 bits per heavy atom. The lowest BCUT2D eigenvalue weighted by molar-refractivity contribution is 0.170. The first-order valence-electron chi connectivity index (χ1n) is 8.93. The monoisotopic (exact) mass is 438 g/mol. The molecule has 0 amide bonds. The number of ether oxygens (including phenoxy) is 1. The molecular formula is C22H25Cl2FN2O2. The van der Waals surface area contributed by atoms with Gasteiger partial charge in [0, 0.05) is 31.0 Å². The molecule has 0 spiro atoms. The second kappa shape index (κ2) is 11.7. The third-order valence-corrected chi connectivity index (χ3v) is 4.68. The van der Waals surface area contributed by atoms with E-state index in [2.05, 4.69) is 28.5 Å². The van der Waals surface area contributed by atoms with Crippen LogP contribution >= 0.6 is 24.8 Å². The lowest BCUT2D eigenvalue weighted by Crippen LogP contribution is -2.33. The fourth-order valence-electron chi connectivity index (χ4n) is 3.29.